The van der Waals surface area contributed by atoms with Crippen LogP contribution in [0.1, 0.15) is 6.85 Å². The Hall–Kier alpha value is -5.81. The SMILES string of the molecule is [2H]c1c([2H])c([2H])c(-c2nc(-c3cccc4oc5ccccc5c34)nc(-c3cccc4oc5cc6ccccc6cc5c34)n2)c([2H])c1[2H]. The van der Waals surface area contributed by atoms with Crippen LogP contribution in [0.4, 0.5) is 0 Å². The maximum absolute atomic E-state index is 8.73. The second-order valence-electron chi connectivity index (χ2n) is 10.1. The van der Waals surface area contributed by atoms with Crippen LogP contribution in [-0.4, -0.2) is 15.0 Å². The molecule has 3 aromatic heterocycles. The van der Waals surface area contributed by atoms with Gasteiger partial charge in [-0.1, -0.05) is 96.9 Å². The smallest absolute Gasteiger partial charge is 0.164 e. The molecule has 0 N–H and O–H groups in total. The number of benzene rings is 6. The molecule has 9 rings (SSSR count). The molecule has 0 atom stereocenters. The molecule has 0 aliphatic rings. The highest BCUT2D eigenvalue weighted by Gasteiger charge is 2.20. The monoisotopic (exact) mass is 544 g/mol. The number of para-hydroxylation sites is 1. The third kappa shape index (κ3) is 3.47. The molecule has 6 aromatic carbocycles. The Balaban J connectivity index is 1.39. The van der Waals surface area contributed by atoms with Crippen molar-refractivity contribution < 1.29 is 15.7 Å². The summed E-state index contributed by atoms with van der Waals surface area (Å²) in [6, 6.07) is 28.9. The lowest BCUT2D eigenvalue weighted by molar-refractivity contribution is 0.669. The van der Waals surface area contributed by atoms with Crippen LogP contribution in [0.3, 0.4) is 0 Å². The van der Waals surface area contributed by atoms with Gasteiger partial charge < -0.3 is 8.83 Å². The first-order valence-corrected chi connectivity index (χ1v) is 13.5. The molecule has 0 aliphatic heterocycles. The van der Waals surface area contributed by atoms with E-state index in [9.17, 15) is 0 Å². The van der Waals surface area contributed by atoms with Crippen LogP contribution in [0.25, 0.3) is 88.8 Å². The second-order valence-corrected chi connectivity index (χ2v) is 10.1. The minimum Gasteiger partial charge on any atom is -0.456 e. The van der Waals surface area contributed by atoms with Crippen LogP contribution in [-0.2, 0) is 0 Å². The standard InChI is InChI=1S/C37H21N3O2/c1-2-10-22(11-3-1)35-38-36(26-15-8-18-30-33(26)25-14-6-7-17-29(25)41-30)40-37(39-35)27-16-9-19-31-34(27)28-20-23-12-4-5-13-24(23)21-32(28)42-31/h1-21H/i1D,2D,3D,10D,11D. The third-order valence-electron chi connectivity index (χ3n) is 7.61. The maximum Gasteiger partial charge on any atom is 0.164 e. The largest absolute Gasteiger partial charge is 0.456 e. The van der Waals surface area contributed by atoms with Gasteiger partial charge in [-0.2, -0.15) is 0 Å². The molecule has 0 saturated heterocycles. The molecule has 0 spiro atoms. The van der Waals surface area contributed by atoms with E-state index in [2.05, 4.69) is 6.07 Å². The molecular weight excluding hydrogens is 518 g/mol. The van der Waals surface area contributed by atoms with Crippen molar-refractivity contribution in [3.63, 3.8) is 0 Å². The average Bonchev–Trinajstić information content (AvgIpc) is 3.66. The van der Waals surface area contributed by atoms with E-state index in [-0.39, 0.29) is 23.0 Å². The molecule has 0 aliphatic carbocycles. The number of hydrogen-bond acceptors (Lipinski definition) is 5. The van der Waals surface area contributed by atoms with Crippen LogP contribution in [0.5, 0.6) is 0 Å². The predicted octanol–water partition coefficient (Wildman–Crippen LogP) is 9.82. The van der Waals surface area contributed by atoms with Gasteiger partial charge in [0.15, 0.2) is 17.5 Å². The first-order chi connectivity index (χ1) is 22.9. The quantitative estimate of drug-likeness (QED) is 0.221. The average molecular weight is 545 g/mol. The van der Waals surface area contributed by atoms with Gasteiger partial charge in [0.05, 0.1) is 6.85 Å². The molecule has 0 radical (unpaired) electrons. The van der Waals surface area contributed by atoms with Crippen molar-refractivity contribution in [2.24, 2.45) is 0 Å². The number of hydrogen-bond donors (Lipinski definition) is 0. The number of rotatable bonds is 3. The van der Waals surface area contributed by atoms with Gasteiger partial charge in [-0.3, -0.25) is 0 Å². The van der Waals surface area contributed by atoms with Crippen LogP contribution in [0, 0.1) is 0 Å². The van der Waals surface area contributed by atoms with Crippen molar-refractivity contribution >= 4 is 54.6 Å². The zero-order valence-corrected chi connectivity index (χ0v) is 21.9. The summed E-state index contributed by atoms with van der Waals surface area (Å²) in [5.74, 6) is 0.495. The first-order valence-electron chi connectivity index (χ1n) is 16.0. The first kappa shape index (κ1) is 18.5. The van der Waals surface area contributed by atoms with Gasteiger partial charge >= 0.3 is 0 Å². The highest BCUT2D eigenvalue weighted by atomic mass is 16.3. The van der Waals surface area contributed by atoms with Crippen molar-refractivity contribution in [3.05, 3.63) is 127 Å². The van der Waals surface area contributed by atoms with Gasteiger partial charge in [0.25, 0.3) is 0 Å². The van der Waals surface area contributed by atoms with E-state index >= 15 is 0 Å². The molecule has 5 heteroatoms. The van der Waals surface area contributed by atoms with Crippen molar-refractivity contribution in [3.8, 4) is 34.2 Å². The van der Waals surface area contributed by atoms with Gasteiger partial charge in [0, 0.05) is 38.2 Å². The summed E-state index contributed by atoms with van der Waals surface area (Å²) in [4.78, 5) is 14.6. The molecule has 0 fully saturated rings. The fraction of sp³-hybridized carbons (Fsp3) is 0. The molecule has 0 saturated carbocycles. The lowest BCUT2D eigenvalue weighted by Crippen LogP contribution is -2.00. The van der Waals surface area contributed by atoms with E-state index in [1.165, 1.54) is 0 Å². The number of nitrogens with zero attached hydrogens (tertiary/aromatic N) is 3. The summed E-state index contributed by atoms with van der Waals surface area (Å²) >= 11 is 0. The topological polar surface area (TPSA) is 65.0 Å². The Labute approximate surface area is 246 Å². The molecule has 0 unspecified atom stereocenters. The molecular formula is C37H21N3O2. The zero-order valence-electron chi connectivity index (χ0n) is 26.9. The highest BCUT2D eigenvalue weighted by molar-refractivity contribution is 6.15. The Bertz CT molecular complexity index is 2740. The van der Waals surface area contributed by atoms with E-state index in [0.717, 1.165) is 32.3 Å². The fourth-order valence-electron chi connectivity index (χ4n) is 5.75. The number of aromatic nitrogens is 3. The van der Waals surface area contributed by atoms with Crippen LogP contribution in [0.15, 0.2) is 136 Å². The molecule has 196 valence electrons. The minimum absolute atomic E-state index is 0.0398. The van der Waals surface area contributed by atoms with E-state index in [0.29, 0.717) is 33.5 Å². The Morgan fingerprint density at radius 1 is 0.476 bits per heavy atom. The van der Waals surface area contributed by atoms with E-state index in [1.807, 2.05) is 91.0 Å². The summed E-state index contributed by atoms with van der Waals surface area (Å²) in [7, 11) is 0. The Morgan fingerprint density at radius 2 is 1.05 bits per heavy atom. The summed E-state index contributed by atoms with van der Waals surface area (Å²) in [6.45, 7) is 0. The lowest BCUT2D eigenvalue weighted by Gasteiger charge is -2.10. The third-order valence-corrected chi connectivity index (χ3v) is 7.61. The summed E-state index contributed by atoms with van der Waals surface area (Å²) < 4.78 is 54.7. The van der Waals surface area contributed by atoms with Crippen molar-refractivity contribution in [2.45, 2.75) is 0 Å². The molecule has 5 nitrogen and oxygen atoms in total. The highest BCUT2D eigenvalue weighted by Crippen LogP contribution is 2.40. The molecule has 9 aromatic rings. The van der Waals surface area contributed by atoms with Gasteiger partial charge in [-0.15, -0.1) is 0 Å². The van der Waals surface area contributed by atoms with Crippen molar-refractivity contribution in [1.29, 1.82) is 0 Å². The van der Waals surface area contributed by atoms with Crippen LogP contribution < -0.4 is 0 Å². The van der Waals surface area contributed by atoms with E-state index in [1.54, 1.807) is 0 Å². The summed E-state index contributed by atoms with van der Waals surface area (Å²) in [5, 5.41) is 5.44. The maximum atomic E-state index is 8.73. The van der Waals surface area contributed by atoms with Crippen LogP contribution in [0.2, 0.25) is 0 Å². The molecule has 3 heterocycles. The van der Waals surface area contributed by atoms with Gasteiger partial charge in [0.2, 0.25) is 0 Å². The summed E-state index contributed by atoms with van der Waals surface area (Å²) in [6.07, 6.45) is 0. The normalized spacial score (nSPS) is 13.5. The van der Waals surface area contributed by atoms with Crippen molar-refractivity contribution in [2.75, 3.05) is 0 Å². The summed E-state index contributed by atoms with van der Waals surface area (Å²) in [5.41, 5.74) is 3.89. The van der Waals surface area contributed by atoms with Crippen LogP contribution >= 0.6 is 0 Å². The second kappa shape index (κ2) is 8.85. The Kier molecular flexibility index (Phi) is 3.90. The van der Waals surface area contributed by atoms with Gasteiger partial charge in [-0.05, 0) is 41.1 Å². The molecule has 0 bridgehead atoms. The van der Waals surface area contributed by atoms with Crippen molar-refractivity contribution in [1.82, 2.24) is 15.0 Å². The van der Waals surface area contributed by atoms with E-state index in [4.69, 9.17) is 30.6 Å². The number of fused-ring (bicyclic) bond motifs is 7. The zero-order chi connectivity index (χ0) is 32.0. The molecule has 42 heavy (non-hydrogen) atoms. The minimum atomic E-state index is -0.491. The Morgan fingerprint density at radius 3 is 1.79 bits per heavy atom. The lowest BCUT2D eigenvalue weighted by atomic mass is 10.0. The van der Waals surface area contributed by atoms with Gasteiger partial charge in [0.1, 0.15) is 22.3 Å². The predicted molar refractivity (Wildman–Crippen MR) is 168 cm³/mol. The van der Waals surface area contributed by atoms with Gasteiger partial charge in [-0.25, -0.2) is 15.0 Å². The van der Waals surface area contributed by atoms with E-state index < -0.39 is 30.2 Å². The fourth-order valence-corrected chi connectivity index (χ4v) is 5.75. The number of furan rings is 2. The molecule has 0 amide bonds.